The van der Waals surface area contributed by atoms with Gasteiger partial charge in [-0.25, -0.2) is 9.69 Å². The first-order valence-electron chi connectivity index (χ1n) is 11.5. The summed E-state index contributed by atoms with van der Waals surface area (Å²) in [6, 6.07) is 10.7. The van der Waals surface area contributed by atoms with Crippen LogP contribution >= 0.6 is 15.9 Å². The van der Waals surface area contributed by atoms with E-state index in [0.717, 1.165) is 10.5 Å². The van der Waals surface area contributed by atoms with Crippen LogP contribution in [0.3, 0.4) is 0 Å². The van der Waals surface area contributed by atoms with Gasteiger partial charge in [0.05, 0.1) is 29.6 Å². The fourth-order valence-corrected chi connectivity index (χ4v) is 4.44. The molecule has 1 aromatic heterocycles. The van der Waals surface area contributed by atoms with Gasteiger partial charge in [0.2, 0.25) is 5.91 Å². The first-order chi connectivity index (χ1) is 16.8. The van der Waals surface area contributed by atoms with Crippen molar-refractivity contribution in [2.45, 2.75) is 45.3 Å². The molecule has 0 aliphatic carbocycles. The third kappa shape index (κ3) is 7.16. The van der Waals surface area contributed by atoms with Crippen LogP contribution in [0.5, 0.6) is 0 Å². The topological polar surface area (TPSA) is 116 Å². The smallest absolute Gasteiger partial charge is 0.416 e. The second kappa shape index (κ2) is 12.9. The van der Waals surface area contributed by atoms with Crippen LogP contribution in [0.15, 0.2) is 45.3 Å². The first-order valence-corrected chi connectivity index (χ1v) is 12.3. The number of imide groups is 1. The zero-order chi connectivity index (χ0) is 25.4. The molecule has 1 fully saturated rings. The van der Waals surface area contributed by atoms with E-state index < -0.39 is 36.0 Å². The van der Waals surface area contributed by atoms with Crippen LogP contribution in [0.1, 0.15) is 43.5 Å². The molecule has 0 radical (unpaired) electrons. The molecule has 190 valence electrons. The molecule has 0 spiro atoms. The van der Waals surface area contributed by atoms with Gasteiger partial charge in [-0.2, -0.15) is 0 Å². The van der Waals surface area contributed by atoms with E-state index in [9.17, 15) is 14.4 Å². The normalized spacial score (nSPS) is 17.2. The lowest BCUT2D eigenvalue weighted by Gasteiger charge is -2.27. The molecule has 1 aliphatic heterocycles. The highest BCUT2D eigenvalue weighted by atomic mass is 79.9. The van der Waals surface area contributed by atoms with Crippen LogP contribution in [0.4, 0.5) is 4.79 Å². The number of carbonyl (C=O) groups is 3. The monoisotopic (exact) mass is 551 g/mol. The Balaban J connectivity index is 1.76. The average Bonchev–Trinajstić information content (AvgIpc) is 3.38. The van der Waals surface area contributed by atoms with Crippen LogP contribution in [-0.4, -0.2) is 60.4 Å². The molecular formula is C25H30BrNO8. The third-order valence-corrected chi connectivity index (χ3v) is 6.31. The van der Waals surface area contributed by atoms with Crippen molar-refractivity contribution in [1.29, 1.82) is 0 Å². The molecule has 2 amide bonds. The van der Waals surface area contributed by atoms with Crippen LogP contribution in [-0.2, 0) is 36.6 Å². The van der Waals surface area contributed by atoms with E-state index in [1.54, 1.807) is 13.0 Å². The van der Waals surface area contributed by atoms with Gasteiger partial charge in [0.25, 0.3) is 0 Å². The third-order valence-electron chi connectivity index (χ3n) is 5.63. The zero-order valence-electron chi connectivity index (χ0n) is 19.8. The number of carbonyl (C=O) groups excluding carboxylic acids is 3. The fraction of sp³-hybridized carbons (Fsp3) is 0.480. The molecule has 1 saturated heterocycles. The predicted octanol–water partition coefficient (Wildman–Crippen LogP) is 3.81. The van der Waals surface area contributed by atoms with Crippen molar-refractivity contribution >= 4 is 33.9 Å². The molecule has 3 atom stereocenters. The standard InChI is InChI=1S/C25H30BrNO8/c1-16(24(30)27-19(15-33-25(27)31)13-18-7-4-3-5-8-18)23(34-17(2)29)22-14-20(26)21(35-22)9-6-11-32-12-10-28/h3-5,7-8,14,16,19,23,28H,6,9-13,15H2,1-2H3/t16-,19-,23-/m1/s1. The number of hydrogen-bond acceptors (Lipinski definition) is 8. The average molecular weight is 552 g/mol. The van der Waals surface area contributed by atoms with Gasteiger partial charge in [0.15, 0.2) is 6.10 Å². The number of amides is 2. The van der Waals surface area contributed by atoms with Gasteiger partial charge in [0, 0.05) is 20.0 Å². The Kier molecular flexibility index (Phi) is 9.88. The lowest BCUT2D eigenvalue weighted by atomic mass is 9.98. The lowest BCUT2D eigenvalue weighted by Crippen LogP contribution is -2.44. The number of aryl methyl sites for hydroxylation is 1. The summed E-state index contributed by atoms with van der Waals surface area (Å²) in [5.74, 6) is -1.07. The number of rotatable bonds is 12. The SMILES string of the molecule is CC(=O)O[C@@H](c1cc(Br)c(CCCOCCO)o1)[C@@H](C)C(=O)N1C(=O)OC[C@H]1Cc1ccccc1. The van der Waals surface area contributed by atoms with E-state index in [1.807, 2.05) is 30.3 Å². The summed E-state index contributed by atoms with van der Waals surface area (Å²) < 4.78 is 22.6. The molecule has 9 nitrogen and oxygen atoms in total. The molecule has 35 heavy (non-hydrogen) atoms. The van der Waals surface area contributed by atoms with Crippen LogP contribution < -0.4 is 0 Å². The highest BCUT2D eigenvalue weighted by Crippen LogP contribution is 2.35. The molecule has 2 aromatic rings. The summed E-state index contributed by atoms with van der Waals surface area (Å²) in [5, 5.41) is 8.79. The van der Waals surface area contributed by atoms with Crippen molar-refractivity contribution < 1.29 is 38.1 Å². The number of halogens is 1. The van der Waals surface area contributed by atoms with Gasteiger partial charge in [-0.1, -0.05) is 30.3 Å². The van der Waals surface area contributed by atoms with E-state index in [4.69, 9.17) is 23.7 Å². The predicted molar refractivity (Wildman–Crippen MR) is 128 cm³/mol. The van der Waals surface area contributed by atoms with E-state index >= 15 is 0 Å². The number of nitrogens with zero attached hydrogens (tertiary/aromatic N) is 1. The van der Waals surface area contributed by atoms with Crippen molar-refractivity contribution in [2.75, 3.05) is 26.4 Å². The van der Waals surface area contributed by atoms with Crippen LogP contribution in [0, 0.1) is 5.92 Å². The summed E-state index contributed by atoms with van der Waals surface area (Å²) >= 11 is 3.46. The maximum Gasteiger partial charge on any atom is 0.416 e. The molecule has 0 bridgehead atoms. The second-order valence-corrected chi connectivity index (χ2v) is 9.16. The van der Waals surface area contributed by atoms with E-state index in [1.165, 1.54) is 6.92 Å². The molecule has 0 unspecified atom stereocenters. The van der Waals surface area contributed by atoms with Gasteiger partial charge >= 0.3 is 12.1 Å². The number of hydrogen-bond donors (Lipinski definition) is 1. The molecular weight excluding hydrogens is 522 g/mol. The first kappa shape index (κ1) is 26.9. The van der Waals surface area contributed by atoms with Crippen molar-refractivity contribution in [3.05, 3.63) is 58.0 Å². The minimum atomic E-state index is -1.03. The van der Waals surface area contributed by atoms with Crippen molar-refractivity contribution in [2.24, 2.45) is 5.92 Å². The maximum atomic E-state index is 13.5. The highest BCUT2D eigenvalue weighted by molar-refractivity contribution is 9.10. The van der Waals surface area contributed by atoms with Crippen molar-refractivity contribution in [1.82, 2.24) is 4.90 Å². The number of aliphatic hydroxyl groups excluding tert-OH is 1. The Hall–Kier alpha value is -2.69. The Morgan fingerprint density at radius 3 is 2.69 bits per heavy atom. The molecule has 0 saturated carbocycles. The maximum absolute atomic E-state index is 13.5. The molecule has 1 N–H and O–H groups in total. The van der Waals surface area contributed by atoms with Gasteiger partial charge in [0.1, 0.15) is 18.1 Å². The summed E-state index contributed by atoms with van der Waals surface area (Å²) in [5.41, 5.74) is 0.973. The second-order valence-electron chi connectivity index (χ2n) is 8.31. The van der Waals surface area contributed by atoms with Crippen molar-refractivity contribution in [3.63, 3.8) is 0 Å². The van der Waals surface area contributed by atoms with Crippen LogP contribution in [0.2, 0.25) is 0 Å². The quantitative estimate of drug-likeness (QED) is 0.312. The summed E-state index contributed by atoms with van der Waals surface area (Å²) in [4.78, 5) is 38.9. The van der Waals surface area contributed by atoms with Gasteiger partial charge in [-0.15, -0.1) is 0 Å². The molecule has 1 aliphatic rings. The van der Waals surface area contributed by atoms with E-state index in [-0.39, 0.29) is 19.8 Å². The number of benzene rings is 1. The lowest BCUT2D eigenvalue weighted by molar-refractivity contribution is -0.154. The Labute approximate surface area is 212 Å². The van der Waals surface area contributed by atoms with Gasteiger partial charge in [-0.3, -0.25) is 9.59 Å². The van der Waals surface area contributed by atoms with Crippen molar-refractivity contribution in [3.8, 4) is 0 Å². The summed E-state index contributed by atoms with van der Waals surface area (Å²) in [6.07, 6.45) is -0.0921. The highest BCUT2D eigenvalue weighted by Gasteiger charge is 2.43. The number of ether oxygens (including phenoxy) is 3. The number of esters is 1. The zero-order valence-corrected chi connectivity index (χ0v) is 21.4. The molecule has 1 aromatic carbocycles. The Bertz CT molecular complexity index is 1010. The minimum absolute atomic E-state index is 0.0403. The fourth-order valence-electron chi connectivity index (χ4n) is 3.94. The largest absolute Gasteiger partial charge is 0.461 e. The van der Waals surface area contributed by atoms with Gasteiger partial charge < -0.3 is 23.7 Å². The number of aliphatic hydroxyl groups is 1. The summed E-state index contributed by atoms with van der Waals surface area (Å²) in [6.45, 7) is 3.62. The number of furan rings is 1. The van der Waals surface area contributed by atoms with E-state index in [0.29, 0.717) is 41.9 Å². The molecule has 10 heteroatoms. The van der Waals surface area contributed by atoms with E-state index in [2.05, 4.69) is 15.9 Å². The summed E-state index contributed by atoms with van der Waals surface area (Å²) in [7, 11) is 0. The Morgan fingerprint density at radius 1 is 1.26 bits per heavy atom. The molecule has 3 rings (SSSR count). The number of cyclic esters (lactones) is 1. The van der Waals surface area contributed by atoms with Crippen LogP contribution in [0.25, 0.3) is 0 Å². The van der Waals surface area contributed by atoms with Gasteiger partial charge in [-0.05, 0) is 47.3 Å². The molecule has 2 heterocycles. The minimum Gasteiger partial charge on any atom is -0.461 e. The Morgan fingerprint density at radius 2 is 2.00 bits per heavy atom.